The summed E-state index contributed by atoms with van der Waals surface area (Å²) in [7, 11) is 0. The molecule has 0 atom stereocenters. The first kappa shape index (κ1) is 9.42. The summed E-state index contributed by atoms with van der Waals surface area (Å²) in [4.78, 5) is 12.5. The minimum Gasteiger partial charge on any atom is -0.293 e. The molecule has 0 N–H and O–H groups in total. The van der Waals surface area contributed by atoms with Gasteiger partial charge in [0.25, 0.3) is 0 Å². The molecule has 0 fully saturated rings. The molecule has 0 radical (unpaired) electrons. The van der Waals surface area contributed by atoms with Gasteiger partial charge in [-0.15, -0.1) is 11.3 Å². The summed E-state index contributed by atoms with van der Waals surface area (Å²) < 4.78 is 0. The first-order chi connectivity index (χ1) is 6.53. The molecule has 2 nitrogen and oxygen atoms in total. The Hall–Kier alpha value is -1.14. The Morgan fingerprint density at radius 1 is 1.50 bits per heavy atom. The molecular formula is C11H11NOS. The Labute approximate surface area is 87.2 Å². The van der Waals surface area contributed by atoms with Gasteiger partial charge >= 0.3 is 0 Å². The summed E-state index contributed by atoms with van der Waals surface area (Å²) in [6.45, 7) is 4.15. The third kappa shape index (κ3) is 1.36. The summed E-state index contributed by atoms with van der Waals surface area (Å²) in [5.74, 6) is 0.197. The smallest absolute Gasteiger partial charge is 0.173 e. The van der Waals surface area contributed by atoms with Gasteiger partial charge in [-0.3, -0.25) is 4.79 Å². The number of ketones is 1. The zero-order chi connectivity index (χ0) is 10.3. The van der Waals surface area contributed by atoms with E-state index >= 15 is 0 Å². The van der Waals surface area contributed by atoms with Crippen LogP contribution in [0.5, 0.6) is 0 Å². The van der Waals surface area contributed by atoms with E-state index in [-0.39, 0.29) is 11.2 Å². The predicted octanol–water partition coefficient (Wildman–Crippen LogP) is 2.77. The van der Waals surface area contributed by atoms with Crippen LogP contribution < -0.4 is 0 Å². The lowest BCUT2D eigenvalue weighted by molar-refractivity contribution is 0.0917. The lowest BCUT2D eigenvalue weighted by Gasteiger charge is -2.28. The van der Waals surface area contributed by atoms with E-state index in [9.17, 15) is 4.79 Å². The standard InChI is InChI=1S/C11H11NOS/c1-11(2)3-8-7(5-12)6-14-10(8)9(13)4-11/h6H,3-4H2,1-2H3. The number of thiophene rings is 1. The highest BCUT2D eigenvalue weighted by Crippen LogP contribution is 2.38. The number of carbonyl (C=O) groups excluding carboxylic acids is 1. The number of nitrogens with zero attached hydrogens (tertiary/aromatic N) is 1. The summed E-state index contributed by atoms with van der Waals surface area (Å²) >= 11 is 1.41. The Morgan fingerprint density at radius 2 is 2.21 bits per heavy atom. The summed E-state index contributed by atoms with van der Waals surface area (Å²) in [5.41, 5.74) is 1.67. The summed E-state index contributed by atoms with van der Waals surface area (Å²) in [6, 6.07) is 2.15. The zero-order valence-electron chi connectivity index (χ0n) is 8.26. The third-order valence-electron chi connectivity index (χ3n) is 2.56. The minimum atomic E-state index is 0.0107. The fraction of sp³-hybridized carbons (Fsp3) is 0.455. The van der Waals surface area contributed by atoms with Crippen LogP contribution in [0.3, 0.4) is 0 Å². The van der Waals surface area contributed by atoms with Gasteiger partial charge in [-0.05, 0) is 17.4 Å². The Kier molecular flexibility index (Phi) is 1.97. The fourth-order valence-corrected chi connectivity index (χ4v) is 2.90. The molecule has 14 heavy (non-hydrogen) atoms. The molecule has 0 bridgehead atoms. The van der Waals surface area contributed by atoms with Crippen LogP contribution in [0.4, 0.5) is 0 Å². The average Bonchev–Trinajstić information content (AvgIpc) is 2.45. The largest absolute Gasteiger partial charge is 0.293 e. The van der Waals surface area contributed by atoms with Crippen LogP contribution in [0.25, 0.3) is 0 Å². The second-order valence-corrected chi connectivity index (χ2v) is 5.39. The van der Waals surface area contributed by atoms with Crippen molar-refractivity contribution in [2.75, 3.05) is 0 Å². The van der Waals surface area contributed by atoms with Crippen molar-refractivity contribution >= 4 is 17.1 Å². The Balaban J connectivity index is 2.55. The topological polar surface area (TPSA) is 40.9 Å². The molecule has 1 aromatic heterocycles. The number of hydrogen-bond acceptors (Lipinski definition) is 3. The van der Waals surface area contributed by atoms with Gasteiger partial charge in [-0.25, -0.2) is 0 Å². The molecule has 0 aromatic carbocycles. The third-order valence-corrected chi connectivity index (χ3v) is 3.63. The highest BCUT2D eigenvalue weighted by molar-refractivity contribution is 7.12. The van der Waals surface area contributed by atoms with Crippen molar-refractivity contribution in [2.45, 2.75) is 26.7 Å². The molecule has 0 amide bonds. The van der Waals surface area contributed by atoms with Crippen LogP contribution in [-0.2, 0) is 6.42 Å². The van der Waals surface area contributed by atoms with Crippen molar-refractivity contribution in [1.29, 1.82) is 5.26 Å². The molecule has 1 aliphatic carbocycles. The monoisotopic (exact) mass is 205 g/mol. The van der Waals surface area contributed by atoms with Crippen LogP contribution >= 0.6 is 11.3 Å². The van der Waals surface area contributed by atoms with Crippen LogP contribution in [0, 0.1) is 16.7 Å². The van der Waals surface area contributed by atoms with Crippen molar-refractivity contribution in [1.82, 2.24) is 0 Å². The predicted molar refractivity (Wildman–Crippen MR) is 55.5 cm³/mol. The molecule has 0 saturated carbocycles. The molecule has 72 valence electrons. The van der Waals surface area contributed by atoms with Crippen molar-refractivity contribution < 1.29 is 4.79 Å². The molecule has 1 aliphatic rings. The molecular weight excluding hydrogens is 194 g/mol. The zero-order valence-corrected chi connectivity index (χ0v) is 9.07. The highest BCUT2D eigenvalue weighted by Gasteiger charge is 2.33. The van der Waals surface area contributed by atoms with Gasteiger partial charge in [0.15, 0.2) is 5.78 Å². The second kappa shape index (κ2) is 2.93. The van der Waals surface area contributed by atoms with Gasteiger partial charge in [0.1, 0.15) is 6.07 Å². The normalized spacial score (nSPS) is 18.8. The van der Waals surface area contributed by atoms with Gasteiger partial charge in [-0.2, -0.15) is 5.26 Å². The van der Waals surface area contributed by atoms with E-state index in [1.54, 1.807) is 5.38 Å². The molecule has 0 aliphatic heterocycles. The quantitative estimate of drug-likeness (QED) is 0.653. The lowest BCUT2D eigenvalue weighted by atomic mass is 9.76. The van der Waals surface area contributed by atoms with Crippen molar-refractivity contribution in [2.24, 2.45) is 5.41 Å². The van der Waals surface area contributed by atoms with E-state index in [0.717, 1.165) is 16.9 Å². The van der Waals surface area contributed by atoms with Crippen molar-refractivity contribution in [3.63, 3.8) is 0 Å². The number of fused-ring (bicyclic) bond motifs is 1. The number of rotatable bonds is 0. The van der Waals surface area contributed by atoms with Crippen LogP contribution in [0.1, 0.15) is 41.1 Å². The number of Topliss-reactive ketones (excluding diaryl/α,β-unsaturated/α-hetero) is 1. The SMILES string of the molecule is CC1(C)CC(=O)c2scc(C#N)c2C1. The van der Waals surface area contributed by atoms with Crippen LogP contribution in [0.2, 0.25) is 0 Å². The van der Waals surface area contributed by atoms with Gasteiger partial charge in [0.2, 0.25) is 0 Å². The van der Waals surface area contributed by atoms with Gasteiger partial charge < -0.3 is 0 Å². The molecule has 0 spiro atoms. The number of nitriles is 1. The maximum Gasteiger partial charge on any atom is 0.173 e. The molecule has 1 aromatic rings. The van der Waals surface area contributed by atoms with Crippen LogP contribution in [0.15, 0.2) is 5.38 Å². The minimum absolute atomic E-state index is 0.0107. The van der Waals surface area contributed by atoms with E-state index in [1.165, 1.54) is 11.3 Å². The molecule has 2 rings (SSSR count). The van der Waals surface area contributed by atoms with E-state index < -0.39 is 0 Å². The fourth-order valence-electron chi connectivity index (χ4n) is 1.94. The van der Waals surface area contributed by atoms with Gasteiger partial charge in [0.05, 0.1) is 10.4 Å². The van der Waals surface area contributed by atoms with E-state index in [2.05, 4.69) is 19.9 Å². The number of carbonyl (C=O) groups is 1. The highest BCUT2D eigenvalue weighted by atomic mass is 32.1. The van der Waals surface area contributed by atoms with Crippen molar-refractivity contribution in [3.05, 3.63) is 21.4 Å². The van der Waals surface area contributed by atoms with Crippen LogP contribution in [-0.4, -0.2) is 5.78 Å². The maximum absolute atomic E-state index is 11.7. The first-order valence-corrected chi connectivity index (χ1v) is 5.45. The number of hydrogen-bond donors (Lipinski definition) is 0. The Morgan fingerprint density at radius 3 is 2.86 bits per heavy atom. The maximum atomic E-state index is 11.7. The molecule has 1 heterocycles. The summed E-state index contributed by atoms with van der Waals surface area (Å²) in [6.07, 6.45) is 1.45. The summed E-state index contributed by atoms with van der Waals surface area (Å²) in [5, 5.41) is 10.7. The second-order valence-electron chi connectivity index (χ2n) is 4.51. The lowest BCUT2D eigenvalue weighted by Crippen LogP contribution is -2.25. The van der Waals surface area contributed by atoms with Gasteiger partial charge in [0, 0.05) is 11.8 Å². The Bertz CT molecular complexity index is 437. The van der Waals surface area contributed by atoms with E-state index in [0.29, 0.717) is 12.0 Å². The van der Waals surface area contributed by atoms with E-state index in [1.807, 2.05) is 0 Å². The molecule has 0 unspecified atom stereocenters. The van der Waals surface area contributed by atoms with E-state index in [4.69, 9.17) is 5.26 Å². The first-order valence-electron chi connectivity index (χ1n) is 4.57. The molecule has 0 saturated heterocycles. The molecule has 3 heteroatoms. The average molecular weight is 205 g/mol. The van der Waals surface area contributed by atoms with Crippen molar-refractivity contribution in [3.8, 4) is 6.07 Å². The van der Waals surface area contributed by atoms with Gasteiger partial charge in [-0.1, -0.05) is 13.8 Å².